The summed E-state index contributed by atoms with van der Waals surface area (Å²) in [4.78, 5) is 14.7. The van der Waals surface area contributed by atoms with Gasteiger partial charge < -0.3 is 14.6 Å². The number of aryl methyl sites for hydroxylation is 1. The molecule has 1 N–H and O–H groups in total. The van der Waals surface area contributed by atoms with E-state index < -0.39 is 0 Å². The molecule has 1 aromatic heterocycles. The molecule has 134 valence electrons. The average molecular weight is 352 g/mol. The zero-order chi connectivity index (χ0) is 18.1. The van der Waals surface area contributed by atoms with Gasteiger partial charge in [-0.15, -0.1) is 0 Å². The van der Waals surface area contributed by atoms with Gasteiger partial charge in [0.1, 0.15) is 11.4 Å². The van der Waals surface area contributed by atoms with E-state index in [0.29, 0.717) is 12.3 Å². The van der Waals surface area contributed by atoms with Gasteiger partial charge in [0.25, 0.3) is 5.91 Å². The van der Waals surface area contributed by atoms with Gasteiger partial charge in [-0.05, 0) is 55.7 Å². The Labute approximate surface area is 151 Å². The first kappa shape index (κ1) is 16.6. The number of nitrogens with zero attached hydrogens (tertiary/aromatic N) is 1. The highest BCUT2D eigenvalue weighted by Crippen LogP contribution is 2.25. The zero-order valence-corrected chi connectivity index (χ0v) is 14.7. The molecule has 0 saturated carbocycles. The van der Waals surface area contributed by atoms with E-state index in [0.717, 1.165) is 41.6 Å². The standard InChI is InChI=1S/C21H21FN2O2/c1-14-4-2-5-15-12-19(26-20(14)15)21(25)24-11-3-6-18(13-24)23-17-9-7-16(22)8-10-17/h2,4-5,7-10,12,18,23H,3,6,11,13H2,1H3/t18-/m1/s1. The Morgan fingerprint density at radius 3 is 2.81 bits per heavy atom. The SMILES string of the molecule is Cc1cccc2cc(C(=O)N3CCC[C@@H](Nc4ccc(F)cc4)C3)oc12. The molecule has 4 rings (SSSR count). The minimum absolute atomic E-state index is 0.0776. The summed E-state index contributed by atoms with van der Waals surface area (Å²) in [5.74, 6) is 0.0547. The number of furan rings is 1. The smallest absolute Gasteiger partial charge is 0.289 e. The van der Waals surface area contributed by atoms with Crippen LogP contribution in [-0.2, 0) is 0 Å². The van der Waals surface area contributed by atoms with Crippen molar-refractivity contribution in [2.24, 2.45) is 0 Å². The molecule has 2 heterocycles. The number of nitrogens with one attached hydrogen (secondary N) is 1. The van der Waals surface area contributed by atoms with Crippen molar-refractivity contribution in [3.05, 3.63) is 65.7 Å². The van der Waals surface area contributed by atoms with Crippen LogP contribution in [-0.4, -0.2) is 29.9 Å². The number of likely N-dealkylation sites (tertiary alicyclic amines) is 1. The fourth-order valence-electron chi connectivity index (χ4n) is 3.53. The number of hydrogen-bond acceptors (Lipinski definition) is 3. The van der Waals surface area contributed by atoms with E-state index in [2.05, 4.69) is 5.32 Å². The lowest BCUT2D eigenvalue weighted by Gasteiger charge is -2.33. The van der Waals surface area contributed by atoms with Crippen molar-refractivity contribution in [1.82, 2.24) is 4.90 Å². The molecule has 0 radical (unpaired) electrons. The Hall–Kier alpha value is -2.82. The molecule has 26 heavy (non-hydrogen) atoms. The number of hydrogen-bond donors (Lipinski definition) is 1. The Bertz CT molecular complexity index is 933. The first-order chi connectivity index (χ1) is 12.6. The molecule has 1 fully saturated rings. The number of carbonyl (C=O) groups excluding carboxylic acids is 1. The lowest BCUT2D eigenvalue weighted by molar-refractivity contribution is 0.0685. The molecule has 0 spiro atoms. The van der Waals surface area contributed by atoms with Crippen LogP contribution >= 0.6 is 0 Å². The van der Waals surface area contributed by atoms with Gasteiger partial charge in [-0.1, -0.05) is 18.2 Å². The van der Waals surface area contributed by atoms with E-state index in [1.807, 2.05) is 36.1 Å². The second-order valence-corrected chi connectivity index (χ2v) is 6.85. The molecule has 1 aliphatic heterocycles. The molecular weight excluding hydrogens is 331 g/mol. The summed E-state index contributed by atoms with van der Waals surface area (Å²) in [7, 11) is 0. The summed E-state index contributed by atoms with van der Waals surface area (Å²) in [6, 6.07) is 14.2. The fraction of sp³-hybridized carbons (Fsp3) is 0.286. The molecule has 0 aliphatic carbocycles. The fourth-order valence-corrected chi connectivity index (χ4v) is 3.53. The Kier molecular flexibility index (Phi) is 4.37. The highest BCUT2D eigenvalue weighted by Gasteiger charge is 2.26. The van der Waals surface area contributed by atoms with E-state index in [-0.39, 0.29) is 17.8 Å². The predicted molar refractivity (Wildman–Crippen MR) is 99.9 cm³/mol. The predicted octanol–water partition coefficient (Wildman–Crippen LogP) is 4.60. The number of halogens is 1. The zero-order valence-electron chi connectivity index (χ0n) is 14.7. The minimum Gasteiger partial charge on any atom is -0.451 e. The monoisotopic (exact) mass is 352 g/mol. The van der Waals surface area contributed by atoms with Gasteiger partial charge >= 0.3 is 0 Å². The maximum absolute atomic E-state index is 13.0. The molecule has 2 aromatic carbocycles. The maximum Gasteiger partial charge on any atom is 0.289 e. The number of benzene rings is 2. The van der Waals surface area contributed by atoms with Crippen LogP contribution in [0.2, 0.25) is 0 Å². The quantitative estimate of drug-likeness (QED) is 0.749. The maximum atomic E-state index is 13.0. The average Bonchev–Trinajstić information content (AvgIpc) is 3.09. The van der Waals surface area contributed by atoms with E-state index in [1.54, 1.807) is 12.1 Å². The summed E-state index contributed by atoms with van der Waals surface area (Å²) in [5, 5.41) is 4.34. The van der Waals surface area contributed by atoms with Crippen molar-refractivity contribution in [2.75, 3.05) is 18.4 Å². The van der Waals surface area contributed by atoms with Crippen LogP contribution in [0.4, 0.5) is 10.1 Å². The number of fused-ring (bicyclic) bond motifs is 1. The van der Waals surface area contributed by atoms with Crippen LogP contribution in [0, 0.1) is 12.7 Å². The Morgan fingerprint density at radius 1 is 1.23 bits per heavy atom. The third kappa shape index (κ3) is 3.29. The molecule has 1 saturated heterocycles. The topological polar surface area (TPSA) is 45.5 Å². The van der Waals surface area contributed by atoms with E-state index in [9.17, 15) is 9.18 Å². The molecular formula is C21H21FN2O2. The Balaban J connectivity index is 1.48. The molecule has 5 heteroatoms. The van der Waals surface area contributed by atoms with Gasteiger partial charge in [-0.25, -0.2) is 4.39 Å². The number of para-hydroxylation sites is 1. The van der Waals surface area contributed by atoms with Crippen LogP contribution in [0.15, 0.2) is 52.9 Å². The molecule has 0 unspecified atom stereocenters. The first-order valence-corrected chi connectivity index (χ1v) is 8.91. The second-order valence-electron chi connectivity index (χ2n) is 6.85. The van der Waals surface area contributed by atoms with Gasteiger partial charge in [-0.2, -0.15) is 0 Å². The molecule has 3 aromatic rings. The van der Waals surface area contributed by atoms with E-state index >= 15 is 0 Å². The van der Waals surface area contributed by atoms with E-state index in [4.69, 9.17) is 4.42 Å². The van der Waals surface area contributed by atoms with Crippen molar-refractivity contribution in [3.8, 4) is 0 Å². The first-order valence-electron chi connectivity index (χ1n) is 8.91. The molecule has 1 aliphatic rings. The number of anilines is 1. The van der Waals surface area contributed by atoms with Crippen LogP contribution in [0.25, 0.3) is 11.0 Å². The third-order valence-corrected chi connectivity index (χ3v) is 4.88. The molecule has 1 atom stereocenters. The van der Waals surface area contributed by atoms with Crippen molar-refractivity contribution in [3.63, 3.8) is 0 Å². The molecule has 4 nitrogen and oxygen atoms in total. The highest BCUT2D eigenvalue weighted by atomic mass is 19.1. The van der Waals surface area contributed by atoms with Crippen LogP contribution in [0.5, 0.6) is 0 Å². The van der Waals surface area contributed by atoms with Crippen molar-refractivity contribution in [2.45, 2.75) is 25.8 Å². The van der Waals surface area contributed by atoms with E-state index in [1.165, 1.54) is 12.1 Å². The second kappa shape index (κ2) is 6.83. The normalized spacial score (nSPS) is 17.5. The lowest BCUT2D eigenvalue weighted by atomic mass is 10.0. The van der Waals surface area contributed by atoms with Gasteiger partial charge in [0.2, 0.25) is 0 Å². The Morgan fingerprint density at radius 2 is 2.04 bits per heavy atom. The van der Waals surface area contributed by atoms with Gasteiger partial charge in [0, 0.05) is 30.2 Å². The summed E-state index contributed by atoms with van der Waals surface area (Å²) < 4.78 is 18.9. The number of amides is 1. The van der Waals surface area contributed by atoms with Gasteiger partial charge in [0.15, 0.2) is 5.76 Å². The van der Waals surface area contributed by atoms with Crippen molar-refractivity contribution >= 4 is 22.6 Å². The minimum atomic E-state index is -0.254. The summed E-state index contributed by atoms with van der Waals surface area (Å²) in [6.07, 6.45) is 1.89. The summed E-state index contributed by atoms with van der Waals surface area (Å²) >= 11 is 0. The number of rotatable bonds is 3. The van der Waals surface area contributed by atoms with Crippen molar-refractivity contribution < 1.29 is 13.6 Å². The van der Waals surface area contributed by atoms with Gasteiger partial charge in [0.05, 0.1) is 0 Å². The van der Waals surface area contributed by atoms with Crippen molar-refractivity contribution in [1.29, 1.82) is 0 Å². The number of carbonyl (C=O) groups is 1. The summed E-state index contributed by atoms with van der Waals surface area (Å²) in [5.41, 5.74) is 2.66. The third-order valence-electron chi connectivity index (χ3n) is 4.88. The highest BCUT2D eigenvalue weighted by molar-refractivity contribution is 5.96. The largest absolute Gasteiger partial charge is 0.451 e. The van der Waals surface area contributed by atoms with Gasteiger partial charge in [-0.3, -0.25) is 4.79 Å². The van der Waals surface area contributed by atoms with Crippen LogP contribution < -0.4 is 5.32 Å². The molecule has 1 amide bonds. The van der Waals surface area contributed by atoms with Crippen LogP contribution in [0.1, 0.15) is 29.0 Å². The summed E-state index contributed by atoms with van der Waals surface area (Å²) in [6.45, 7) is 3.30. The lowest BCUT2D eigenvalue weighted by Crippen LogP contribution is -2.45. The van der Waals surface area contributed by atoms with Crippen LogP contribution in [0.3, 0.4) is 0 Å². The number of piperidine rings is 1. The molecule has 0 bridgehead atoms.